The lowest BCUT2D eigenvalue weighted by molar-refractivity contribution is -0.123. The van der Waals surface area contributed by atoms with E-state index in [2.05, 4.69) is 10.5 Å². The van der Waals surface area contributed by atoms with Gasteiger partial charge >= 0.3 is 5.97 Å². The lowest BCUT2D eigenvalue weighted by Gasteiger charge is -2.10. The molecule has 0 saturated heterocycles. The van der Waals surface area contributed by atoms with Crippen molar-refractivity contribution in [2.45, 2.75) is 0 Å². The summed E-state index contributed by atoms with van der Waals surface area (Å²) in [5.41, 5.74) is 3.18. The molecule has 1 N–H and O–H groups in total. The van der Waals surface area contributed by atoms with Crippen LogP contribution in [-0.2, 0) is 4.79 Å². The van der Waals surface area contributed by atoms with E-state index in [0.717, 1.165) is 10.8 Å². The summed E-state index contributed by atoms with van der Waals surface area (Å²) in [6, 6.07) is 22.8. The van der Waals surface area contributed by atoms with Gasteiger partial charge in [-0.15, -0.1) is 0 Å². The first-order chi connectivity index (χ1) is 17.4. The number of rotatable bonds is 8. The highest BCUT2D eigenvalue weighted by molar-refractivity contribution is 6.36. The molecule has 0 unspecified atom stereocenters. The van der Waals surface area contributed by atoms with E-state index >= 15 is 0 Å². The molecule has 0 bridgehead atoms. The van der Waals surface area contributed by atoms with Gasteiger partial charge in [-0.1, -0.05) is 53.5 Å². The van der Waals surface area contributed by atoms with Crippen LogP contribution in [0.5, 0.6) is 17.2 Å². The molecule has 4 rings (SSSR count). The van der Waals surface area contributed by atoms with Crippen LogP contribution in [-0.4, -0.2) is 31.8 Å². The third-order valence-electron chi connectivity index (χ3n) is 5.04. The molecule has 0 fully saturated rings. The zero-order valence-corrected chi connectivity index (χ0v) is 20.5. The molecule has 0 aliphatic rings. The largest absolute Gasteiger partial charge is 0.493 e. The maximum Gasteiger partial charge on any atom is 0.345 e. The van der Waals surface area contributed by atoms with Crippen LogP contribution in [0.15, 0.2) is 84.0 Å². The molecule has 0 spiro atoms. The molecule has 4 aromatic rings. The van der Waals surface area contributed by atoms with Gasteiger partial charge in [0, 0.05) is 5.02 Å². The molecule has 36 heavy (non-hydrogen) atoms. The Labute approximate surface area is 217 Å². The summed E-state index contributed by atoms with van der Waals surface area (Å²) < 4.78 is 16.3. The number of hydrogen-bond acceptors (Lipinski definition) is 6. The highest BCUT2D eigenvalue weighted by Gasteiger charge is 2.16. The Kier molecular flexibility index (Phi) is 8.05. The summed E-state index contributed by atoms with van der Waals surface area (Å²) in [6.07, 6.45) is 1.43. The van der Waals surface area contributed by atoms with Gasteiger partial charge in [0.15, 0.2) is 18.1 Å². The second-order valence-corrected chi connectivity index (χ2v) is 8.36. The number of halogens is 2. The molecule has 4 aromatic carbocycles. The number of hydrazone groups is 1. The van der Waals surface area contributed by atoms with Gasteiger partial charge in [0.05, 0.1) is 23.9 Å². The minimum absolute atomic E-state index is 0.169. The van der Waals surface area contributed by atoms with Crippen molar-refractivity contribution in [3.63, 3.8) is 0 Å². The standard InChI is InChI=1S/C27H20Cl2N2O5/c1-34-25-12-17(6-11-24(25)36-27(33)22-10-8-20(28)14-23(22)29)15-30-31-26(32)16-35-21-9-7-18-4-2-3-5-19(18)13-21/h2-15H,16H2,1H3,(H,31,32). The lowest BCUT2D eigenvalue weighted by atomic mass is 10.1. The zero-order chi connectivity index (χ0) is 25.5. The van der Waals surface area contributed by atoms with Gasteiger partial charge in [-0.05, 0) is 64.9 Å². The maximum absolute atomic E-state index is 12.5. The topological polar surface area (TPSA) is 86.2 Å². The van der Waals surface area contributed by atoms with Crippen LogP contribution in [0.2, 0.25) is 10.0 Å². The Hall–Kier alpha value is -4.07. The summed E-state index contributed by atoms with van der Waals surface area (Å²) in [4.78, 5) is 24.6. The van der Waals surface area contributed by atoms with Gasteiger partial charge < -0.3 is 14.2 Å². The summed E-state index contributed by atoms with van der Waals surface area (Å²) in [5, 5.41) is 6.63. The van der Waals surface area contributed by atoms with E-state index in [1.165, 1.54) is 25.5 Å². The molecule has 182 valence electrons. The van der Waals surface area contributed by atoms with Crippen molar-refractivity contribution in [2.75, 3.05) is 13.7 Å². The van der Waals surface area contributed by atoms with Crippen LogP contribution < -0.4 is 19.6 Å². The van der Waals surface area contributed by atoms with E-state index in [1.807, 2.05) is 36.4 Å². The van der Waals surface area contributed by atoms with Gasteiger partial charge in [-0.3, -0.25) is 4.79 Å². The van der Waals surface area contributed by atoms with Crippen molar-refractivity contribution in [3.05, 3.63) is 100 Å². The summed E-state index contributed by atoms with van der Waals surface area (Å²) in [7, 11) is 1.44. The monoisotopic (exact) mass is 522 g/mol. The minimum atomic E-state index is -0.657. The zero-order valence-electron chi connectivity index (χ0n) is 19.0. The van der Waals surface area contributed by atoms with Gasteiger partial charge in [0.25, 0.3) is 5.91 Å². The first-order valence-corrected chi connectivity index (χ1v) is 11.5. The van der Waals surface area contributed by atoms with Crippen LogP contribution in [0.3, 0.4) is 0 Å². The van der Waals surface area contributed by atoms with Crippen molar-refractivity contribution >= 4 is 52.1 Å². The second kappa shape index (κ2) is 11.6. The molecule has 0 atom stereocenters. The number of esters is 1. The quantitative estimate of drug-likeness (QED) is 0.135. The number of benzene rings is 4. The molecule has 7 nitrogen and oxygen atoms in total. The van der Waals surface area contributed by atoms with Crippen LogP contribution in [0.25, 0.3) is 10.8 Å². The van der Waals surface area contributed by atoms with Crippen molar-refractivity contribution in [2.24, 2.45) is 5.10 Å². The number of carbonyl (C=O) groups is 2. The van der Waals surface area contributed by atoms with E-state index in [-0.39, 0.29) is 22.9 Å². The van der Waals surface area contributed by atoms with E-state index < -0.39 is 11.9 Å². The van der Waals surface area contributed by atoms with E-state index in [9.17, 15) is 9.59 Å². The van der Waals surface area contributed by atoms with Crippen LogP contribution in [0, 0.1) is 0 Å². The van der Waals surface area contributed by atoms with Crippen LogP contribution in [0.4, 0.5) is 0 Å². The van der Waals surface area contributed by atoms with E-state index in [4.69, 9.17) is 37.4 Å². The van der Waals surface area contributed by atoms with Gasteiger partial charge in [-0.2, -0.15) is 5.10 Å². The van der Waals surface area contributed by atoms with Gasteiger partial charge in [-0.25, -0.2) is 10.2 Å². The molecule has 0 aromatic heterocycles. The summed E-state index contributed by atoms with van der Waals surface area (Å²) in [5.74, 6) is -0.00347. The van der Waals surface area contributed by atoms with E-state index in [1.54, 1.807) is 30.3 Å². The Bertz CT molecular complexity index is 1460. The van der Waals surface area contributed by atoms with Gasteiger partial charge in [0.1, 0.15) is 5.75 Å². The SMILES string of the molecule is COc1cc(C=NNC(=O)COc2ccc3ccccc3c2)ccc1OC(=O)c1ccc(Cl)cc1Cl. The normalized spacial score (nSPS) is 10.9. The highest BCUT2D eigenvalue weighted by atomic mass is 35.5. The first kappa shape index (κ1) is 25.0. The Morgan fingerprint density at radius 3 is 2.50 bits per heavy atom. The third-order valence-corrected chi connectivity index (χ3v) is 5.58. The number of nitrogens with one attached hydrogen (secondary N) is 1. The fraction of sp³-hybridized carbons (Fsp3) is 0.0741. The number of hydrogen-bond donors (Lipinski definition) is 1. The molecule has 0 heterocycles. The smallest absolute Gasteiger partial charge is 0.345 e. The number of ether oxygens (including phenoxy) is 3. The average Bonchev–Trinajstić information content (AvgIpc) is 2.88. The molecule has 0 aliphatic heterocycles. The predicted molar refractivity (Wildman–Crippen MR) is 140 cm³/mol. The lowest BCUT2D eigenvalue weighted by Crippen LogP contribution is -2.24. The highest BCUT2D eigenvalue weighted by Crippen LogP contribution is 2.30. The van der Waals surface area contributed by atoms with Crippen molar-refractivity contribution in [1.29, 1.82) is 0 Å². The number of amides is 1. The molecule has 9 heteroatoms. The average molecular weight is 523 g/mol. The third kappa shape index (κ3) is 6.33. The second-order valence-electron chi connectivity index (χ2n) is 7.51. The Balaban J connectivity index is 1.33. The molecule has 1 amide bonds. The number of nitrogens with zero attached hydrogens (tertiary/aromatic N) is 1. The van der Waals surface area contributed by atoms with Crippen molar-refractivity contribution in [3.8, 4) is 17.2 Å². The number of fused-ring (bicyclic) bond motifs is 1. The minimum Gasteiger partial charge on any atom is -0.493 e. The number of methoxy groups -OCH3 is 1. The maximum atomic E-state index is 12.5. The molecule has 0 saturated carbocycles. The molecular formula is C27H20Cl2N2O5. The molecule has 0 aliphatic carbocycles. The van der Waals surface area contributed by atoms with Crippen molar-refractivity contribution < 1.29 is 23.8 Å². The van der Waals surface area contributed by atoms with Crippen molar-refractivity contribution in [1.82, 2.24) is 5.43 Å². The van der Waals surface area contributed by atoms with E-state index in [0.29, 0.717) is 22.1 Å². The fourth-order valence-corrected chi connectivity index (χ4v) is 3.76. The molecule has 0 radical (unpaired) electrons. The fourth-order valence-electron chi connectivity index (χ4n) is 3.28. The van der Waals surface area contributed by atoms with Crippen LogP contribution >= 0.6 is 23.2 Å². The van der Waals surface area contributed by atoms with Gasteiger partial charge in [0.2, 0.25) is 0 Å². The Morgan fingerprint density at radius 2 is 1.72 bits per heavy atom. The summed E-state index contributed by atoms with van der Waals surface area (Å²) >= 11 is 11.9. The molecular weight excluding hydrogens is 503 g/mol. The van der Waals surface area contributed by atoms with Crippen LogP contribution in [0.1, 0.15) is 15.9 Å². The summed E-state index contributed by atoms with van der Waals surface area (Å²) in [6.45, 7) is -0.193. The number of carbonyl (C=O) groups excluding carboxylic acids is 2. The Morgan fingerprint density at radius 1 is 0.917 bits per heavy atom. The predicted octanol–water partition coefficient (Wildman–Crippen LogP) is 5.90. The first-order valence-electron chi connectivity index (χ1n) is 10.7.